The Morgan fingerprint density at radius 1 is 0.941 bits per heavy atom. The number of carboxylic acids is 1. The van der Waals surface area contributed by atoms with E-state index in [0.717, 1.165) is 18.2 Å². The second kappa shape index (κ2) is 7.29. The lowest BCUT2D eigenvalue weighted by Gasteiger charge is -2.33. The van der Waals surface area contributed by atoms with Crippen molar-refractivity contribution in [2.75, 3.05) is 0 Å². The molecule has 12 heteroatoms. The molecule has 2 aromatic carbocycles. The molecule has 180 valence electrons. The van der Waals surface area contributed by atoms with Crippen LogP contribution in [0.25, 0.3) is 10.9 Å². The number of halogens is 7. The van der Waals surface area contributed by atoms with Crippen LogP contribution in [0.2, 0.25) is 0 Å². The van der Waals surface area contributed by atoms with Gasteiger partial charge in [0.2, 0.25) is 0 Å². The molecule has 4 rings (SSSR count). The lowest BCUT2D eigenvalue weighted by Crippen LogP contribution is -2.54. The van der Waals surface area contributed by atoms with Crippen molar-refractivity contribution < 1.29 is 50.8 Å². The van der Waals surface area contributed by atoms with E-state index in [9.17, 15) is 50.8 Å². The van der Waals surface area contributed by atoms with E-state index in [1.54, 1.807) is 0 Å². The van der Waals surface area contributed by atoms with Gasteiger partial charge in [-0.15, -0.1) is 0 Å². The summed E-state index contributed by atoms with van der Waals surface area (Å²) in [6.45, 7) is 0. The number of alkyl halides is 6. The number of fused-ring (bicyclic) bond motifs is 1. The van der Waals surface area contributed by atoms with Gasteiger partial charge in [-0.3, -0.25) is 0 Å². The molecule has 1 fully saturated rings. The van der Waals surface area contributed by atoms with Gasteiger partial charge in [0, 0.05) is 16.4 Å². The van der Waals surface area contributed by atoms with E-state index in [0.29, 0.717) is 17.7 Å². The van der Waals surface area contributed by atoms with E-state index in [1.165, 1.54) is 12.1 Å². The molecule has 1 saturated carbocycles. The van der Waals surface area contributed by atoms with Gasteiger partial charge in [0.05, 0.1) is 11.2 Å². The summed E-state index contributed by atoms with van der Waals surface area (Å²) >= 11 is 0. The number of rotatable bonds is 4. The average Bonchev–Trinajstić information content (AvgIpc) is 3.52. The Balaban J connectivity index is 2.12. The van der Waals surface area contributed by atoms with Gasteiger partial charge >= 0.3 is 18.3 Å². The maximum atomic E-state index is 13.6. The van der Waals surface area contributed by atoms with Crippen LogP contribution in [0.1, 0.15) is 40.0 Å². The van der Waals surface area contributed by atoms with Gasteiger partial charge in [-0.25, -0.2) is 14.2 Å². The van der Waals surface area contributed by atoms with Crippen LogP contribution in [0, 0.1) is 5.82 Å². The standard InChI is InChI=1S/C22H14F7NO4/c23-11-6-4-10(5-7-11)19(8-9-19)17-16(31)14(18(32)33)12-2-1-3-13(15(12)30-17)20(34,21(24,25)26)22(27,28)29/h1-7,31,34H,8-9H2,(H,32,33). The number of nitrogens with zero attached hydrogens (tertiary/aromatic N) is 1. The summed E-state index contributed by atoms with van der Waals surface area (Å²) in [6.07, 6.45) is -12.1. The Hall–Kier alpha value is -3.41. The van der Waals surface area contributed by atoms with Crippen molar-refractivity contribution in [1.29, 1.82) is 0 Å². The Morgan fingerprint density at radius 3 is 1.97 bits per heavy atom. The van der Waals surface area contributed by atoms with E-state index in [-0.39, 0.29) is 12.8 Å². The highest BCUT2D eigenvalue weighted by molar-refractivity contribution is 6.06. The summed E-state index contributed by atoms with van der Waals surface area (Å²) < 4.78 is 95.0. The van der Waals surface area contributed by atoms with Crippen LogP contribution in [-0.2, 0) is 11.0 Å². The van der Waals surface area contributed by atoms with Crippen LogP contribution in [0.15, 0.2) is 42.5 Å². The number of aromatic nitrogens is 1. The van der Waals surface area contributed by atoms with Crippen molar-refractivity contribution in [2.24, 2.45) is 0 Å². The van der Waals surface area contributed by atoms with Crippen molar-refractivity contribution in [3.05, 3.63) is 70.7 Å². The fourth-order valence-electron chi connectivity index (χ4n) is 4.14. The molecule has 3 aromatic rings. The number of hydrogen-bond donors (Lipinski definition) is 3. The molecule has 1 heterocycles. The first kappa shape index (κ1) is 23.7. The lowest BCUT2D eigenvalue weighted by molar-refractivity contribution is -0.375. The normalized spacial score (nSPS) is 16.0. The largest absolute Gasteiger partial charge is 0.505 e. The number of carboxylic acid groups (broad SMARTS) is 1. The molecule has 0 atom stereocenters. The molecule has 1 aliphatic carbocycles. The molecule has 34 heavy (non-hydrogen) atoms. The maximum absolute atomic E-state index is 13.6. The second-order valence-electron chi connectivity index (χ2n) is 7.99. The van der Waals surface area contributed by atoms with Crippen molar-refractivity contribution in [1.82, 2.24) is 4.98 Å². The van der Waals surface area contributed by atoms with E-state index < -0.39 is 68.6 Å². The van der Waals surface area contributed by atoms with E-state index in [4.69, 9.17) is 0 Å². The number of aromatic hydroxyl groups is 1. The first-order chi connectivity index (χ1) is 15.6. The number of hydrogen-bond acceptors (Lipinski definition) is 4. The number of benzene rings is 2. The van der Waals surface area contributed by atoms with E-state index in [2.05, 4.69) is 4.98 Å². The summed E-state index contributed by atoms with van der Waals surface area (Å²) in [6, 6.07) is 6.62. The Kier molecular flexibility index (Phi) is 5.09. The zero-order valence-corrected chi connectivity index (χ0v) is 16.8. The van der Waals surface area contributed by atoms with Gasteiger partial charge in [-0.05, 0) is 30.5 Å². The lowest BCUT2D eigenvalue weighted by atomic mass is 9.86. The SMILES string of the molecule is O=C(O)c1c(O)c(C2(c3ccc(F)cc3)CC2)nc2c(C(O)(C(F)(F)F)C(F)(F)F)cccc12. The zero-order chi connectivity index (χ0) is 25.3. The third-order valence-electron chi connectivity index (χ3n) is 6.01. The predicted octanol–water partition coefficient (Wildman–Crippen LogP) is 5.17. The fourth-order valence-corrected chi connectivity index (χ4v) is 4.14. The van der Waals surface area contributed by atoms with Crippen LogP contribution >= 0.6 is 0 Å². The second-order valence-corrected chi connectivity index (χ2v) is 7.99. The minimum atomic E-state index is -6.24. The summed E-state index contributed by atoms with van der Waals surface area (Å²) in [5, 5.41) is 29.6. The van der Waals surface area contributed by atoms with Crippen LogP contribution in [-0.4, -0.2) is 38.6 Å². The number of para-hydroxylation sites is 1. The molecular weight excluding hydrogens is 475 g/mol. The zero-order valence-electron chi connectivity index (χ0n) is 16.8. The van der Waals surface area contributed by atoms with Crippen LogP contribution < -0.4 is 0 Å². The fraction of sp³-hybridized carbons (Fsp3) is 0.273. The van der Waals surface area contributed by atoms with Gasteiger partial charge in [0.25, 0.3) is 5.60 Å². The van der Waals surface area contributed by atoms with E-state index >= 15 is 0 Å². The molecule has 5 nitrogen and oxygen atoms in total. The van der Waals surface area contributed by atoms with Crippen molar-refractivity contribution >= 4 is 16.9 Å². The first-order valence-corrected chi connectivity index (χ1v) is 9.67. The van der Waals surface area contributed by atoms with Crippen molar-refractivity contribution in [3.63, 3.8) is 0 Å². The van der Waals surface area contributed by atoms with E-state index in [1.807, 2.05) is 0 Å². The molecule has 0 aliphatic heterocycles. The Bertz CT molecular complexity index is 1280. The summed E-state index contributed by atoms with van der Waals surface area (Å²) in [4.78, 5) is 15.8. The number of carbonyl (C=O) groups is 1. The number of aromatic carboxylic acids is 1. The van der Waals surface area contributed by atoms with Gasteiger partial charge in [-0.2, -0.15) is 26.3 Å². The van der Waals surface area contributed by atoms with Gasteiger partial charge < -0.3 is 15.3 Å². The van der Waals surface area contributed by atoms with Crippen LogP contribution in [0.5, 0.6) is 5.75 Å². The van der Waals surface area contributed by atoms with Crippen molar-refractivity contribution in [2.45, 2.75) is 36.2 Å². The average molecular weight is 489 g/mol. The molecule has 0 radical (unpaired) electrons. The first-order valence-electron chi connectivity index (χ1n) is 9.67. The molecule has 0 amide bonds. The Morgan fingerprint density at radius 2 is 1.50 bits per heavy atom. The number of pyridine rings is 1. The number of aliphatic hydroxyl groups is 1. The molecule has 0 bridgehead atoms. The third-order valence-corrected chi connectivity index (χ3v) is 6.01. The minimum absolute atomic E-state index is 0.203. The molecular formula is C22H14F7NO4. The van der Waals surface area contributed by atoms with Gasteiger partial charge in [-0.1, -0.05) is 30.3 Å². The quantitative estimate of drug-likeness (QED) is 0.440. The molecule has 3 N–H and O–H groups in total. The van der Waals surface area contributed by atoms with Gasteiger partial charge in [0.15, 0.2) is 5.75 Å². The predicted molar refractivity (Wildman–Crippen MR) is 103 cm³/mol. The molecule has 0 unspecified atom stereocenters. The minimum Gasteiger partial charge on any atom is -0.505 e. The smallest absolute Gasteiger partial charge is 0.430 e. The summed E-state index contributed by atoms with van der Waals surface area (Å²) in [5.74, 6) is -3.40. The van der Waals surface area contributed by atoms with Crippen molar-refractivity contribution in [3.8, 4) is 5.75 Å². The highest BCUT2D eigenvalue weighted by atomic mass is 19.4. The molecule has 0 spiro atoms. The third kappa shape index (κ3) is 3.27. The molecule has 1 aromatic heterocycles. The van der Waals surface area contributed by atoms with Crippen LogP contribution in [0.4, 0.5) is 30.7 Å². The Labute approximate surface area is 186 Å². The topological polar surface area (TPSA) is 90.7 Å². The van der Waals surface area contributed by atoms with Gasteiger partial charge in [0.1, 0.15) is 11.4 Å². The molecule has 0 saturated heterocycles. The summed E-state index contributed by atoms with van der Waals surface area (Å²) in [7, 11) is 0. The maximum Gasteiger partial charge on any atom is 0.430 e. The highest BCUT2D eigenvalue weighted by Gasteiger charge is 2.72. The highest BCUT2D eigenvalue weighted by Crippen LogP contribution is 2.57. The monoisotopic (exact) mass is 489 g/mol. The molecule has 1 aliphatic rings. The summed E-state index contributed by atoms with van der Waals surface area (Å²) in [5.41, 5.74) is -10.6. The van der Waals surface area contributed by atoms with Crippen LogP contribution in [0.3, 0.4) is 0 Å².